The smallest absolute Gasteiger partial charge is 0.180 e. The quantitative estimate of drug-likeness (QED) is 0.747. The van der Waals surface area contributed by atoms with E-state index in [1.165, 1.54) is 16.8 Å². The lowest BCUT2D eigenvalue weighted by Gasteiger charge is -2.26. The molecule has 0 amide bonds. The highest BCUT2D eigenvalue weighted by atomic mass is 19.1. The summed E-state index contributed by atoms with van der Waals surface area (Å²) in [6.45, 7) is -3.94. The molecule has 2 aromatic heterocycles. The van der Waals surface area contributed by atoms with Crippen LogP contribution in [-0.4, -0.2) is 45.3 Å². The van der Waals surface area contributed by atoms with Crippen molar-refractivity contribution in [1.29, 1.82) is 0 Å². The molecule has 146 valence electrons. The summed E-state index contributed by atoms with van der Waals surface area (Å²) in [7, 11) is 0. The standard InChI is InChI=1S/C20H21F2N5O/c21-13-3-4-16(22)15(10-13)17-2-1-7-26(17)19-6-9-27-20(24-19)18(11-23-27)25-8-5-14(28)12-25/h3-4,6,9-11,14,17,28H,1-2,5,7-8,12H2/t14-,17?/m0/s1/i8D2,12D2. The van der Waals surface area contributed by atoms with Crippen molar-refractivity contribution in [3.63, 3.8) is 0 Å². The molecule has 1 N–H and O–H groups in total. The first-order valence-electron chi connectivity index (χ1n) is 11.1. The summed E-state index contributed by atoms with van der Waals surface area (Å²) < 4.78 is 62.5. The molecule has 1 aromatic carbocycles. The number of nitrogens with zero attached hydrogens (tertiary/aromatic N) is 5. The summed E-state index contributed by atoms with van der Waals surface area (Å²) in [5.74, 6) is -0.556. The largest absolute Gasteiger partial charge is 0.391 e. The zero-order valence-corrected chi connectivity index (χ0v) is 14.9. The van der Waals surface area contributed by atoms with Crippen LogP contribution in [0, 0.1) is 11.6 Å². The van der Waals surface area contributed by atoms with Gasteiger partial charge in [0.2, 0.25) is 0 Å². The lowest BCUT2D eigenvalue weighted by molar-refractivity contribution is 0.198. The molecule has 0 aliphatic carbocycles. The minimum atomic E-state index is -2.36. The molecular weight excluding hydrogens is 364 g/mol. The molecular formula is C20H21F2N5O. The van der Waals surface area contributed by atoms with Gasteiger partial charge in [-0.15, -0.1) is 0 Å². The summed E-state index contributed by atoms with van der Waals surface area (Å²) in [6.07, 6.45) is 2.37. The zero-order chi connectivity index (χ0) is 22.8. The van der Waals surface area contributed by atoms with Crippen molar-refractivity contribution in [2.24, 2.45) is 0 Å². The zero-order valence-electron chi connectivity index (χ0n) is 18.9. The molecule has 6 nitrogen and oxygen atoms in total. The van der Waals surface area contributed by atoms with Crippen molar-refractivity contribution in [2.45, 2.75) is 31.4 Å². The van der Waals surface area contributed by atoms with Crippen molar-refractivity contribution in [2.75, 3.05) is 29.3 Å². The van der Waals surface area contributed by atoms with E-state index in [1.54, 1.807) is 12.3 Å². The van der Waals surface area contributed by atoms with Crippen molar-refractivity contribution in [3.05, 3.63) is 53.9 Å². The molecule has 1 unspecified atom stereocenters. The van der Waals surface area contributed by atoms with E-state index in [2.05, 4.69) is 10.1 Å². The molecule has 5 rings (SSSR count). The maximum atomic E-state index is 14.4. The van der Waals surface area contributed by atoms with Crippen LogP contribution in [0.1, 0.15) is 36.4 Å². The Hall–Kier alpha value is -2.74. The van der Waals surface area contributed by atoms with Crippen molar-refractivity contribution < 1.29 is 19.4 Å². The van der Waals surface area contributed by atoms with E-state index in [0.29, 0.717) is 18.8 Å². The summed E-state index contributed by atoms with van der Waals surface area (Å²) >= 11 is 0. The summed E-state index contributed by atoms with van der Waals surface area (Å²) in [5, 5.41) is 14.3. The molecule has 0 saturated carbocycles. The first kappa shape index (κ1) is 13.4. The third kappa shape index (κ3) is 2.88. The van der Waals surface area contributed by atoms with Gasteiger partial charge in [-0.1, -0.05) is 0 Å². The van der Waals surface area contributed by atoms with Gasteiger partial charge in [-0.3, -0.25) is 0 Å². The molecule has 0 radical (unpaired) electrons. The van der Waals surface area contributed by atoms with Crippen molar-refractivity contribution in [3.8, 4) is 0 Å². The molecule has 0 bridgehead atoms. The second-order valence-electron chi connectivity index (χ2n) is 6.94. The normalized spacial score (nSPS) is 28.2. The number of hydrogen-bond acceptors (Lipinski definition) is 5. The van der Waals surface area contributed by atoms with Crippen molar-refractivity contribution >= 4 is 17.2 Å². The van der Waals surface area contributed by atoms with Gasteiger partial charge >= 0.3 is 0 Å². The topological polar surface area (TPSA) is 56.9 Å². The second kappa shape index (κ2) is 6.70. The fraction of sp³-hybridized carbons (Fsp3) is 0.400. The molecule has 2 aliphatic heterocycles. The van der Waals surface area contributed by atoms with Crippen LogP contribution >= 0.6 is 0 Å². The monoisotopic (exact) mass is 389 g/mol. The molecule has 2 aliphatic rings. The Morgan fingerprint density at radius 2 is 2.11 bits per heavy atom. The van der Waals surface area contributed by atoms with Gasteiger partial charge in [-0.2, -0.15) is 5.10 Å². The molecule has 28 heavy (non-hydrogen) atoms. The lowest BCUT2D eigenvalue weighted by Crippen LogP contribution is -2.25. The van der Waals surface area contributed by atoms with Gasteiger partial charge in [-0.25, -0.2) is 18.3 Å². The number of halogens is 2. The Kier molecular flexibility index (Phi) is 3.22. The number of aromatic nitrogens is 3. The van der Waals surface area contributed by atoms with Crippen LogP contribution in [0.15, 0.2) is 36.7 Å². The van der Waals surface area contributed by atoms with Crippen LogP contribution in [0.4, 0.5) is 20.3 Å². The Labute approximate surface area is 166 Å². The van der Waals surface area contributed by atoms with E-state index >= 15 is 0 Å². The summed E-state index contributed by atoms with van der Waals surface area (Å²) in [5.41, 5.74) is 0.550. The highest BCUT2D eigenvalue weighted by Gasteiger charge is 2.30. The van der Waals surface area contributed by atoms with E-state index in [1.807, 2.05) is 4.90 Å². The van der Waals surface area contributed by atoms with Gasteiger partial charge in [0, 0.05) is 34.0 Å². The number of aliphatic hydroxyl groups excluding tert-OH is 1. The number of aliphatic hydroxyl groups is 1. The fourth-order valence-corrected chi connectivity index (χ4v) is 3.87. The maximum Gasteiger partial charge on any atom is 0.180 e. The predicted octanol–water partition coefficient (Wildman–Crippen LogP) is 2.92. The molecule has 8 heteroatoms. The van der Waals surface area contributed by atoms with E-state index < -0.39 is 43.2 Å². The lowest BCUT2D eigenvalue weighted by atomic mass is 10.0. The third-order valence-electron chi connectivity index (χ3n) is 5.16. The van der Waals surface area contributed by atoms with Crippen LogP contribution in [0.2, 0.25) is 0 Å². The minimum Gasteiger partial charge on any atom is -0.391 e. The number of fused-ring (bicyclic) bond motifs is 1. The van der Waals surface area contributed by atoms with E-state index in [4.69, 9.17) is 5.48 Å². The highest BCUT2D eigenvalue weighted by molar-refractivity contribution is 5.70. The SMILES string of the molecule is [2H]C1([2H])C[C@H](O)C([2H])([2H])N1c1cnn2ccc(N3CCCC3c3cc(F)ccc3F)nc12. The van der Waals surface area contributed by atoms with E-state index in [0.717, 1.165) is 23.5 Å². The van der Waals surface area contributed by atoms with Crippen LogP contribution in [0.25, 0.3) is 5.65 Å². The Morgan fingerprint density at radius 3 is 2.93 bits per heavy atom. The molecule has 0 spiro atoms. The number of rotatable bonds is 3. The van der Waals surface area contributed by atoms with Crippen LogP contribution < -0.4 is 9.80 Å². The average Bonchev–Trinajstić information content (AvgIpc) is 3.39. The maximum absolute atomic E-state index is 14.4. The van der Waals surface area contributed by atoms with Crippen molar-refractivity contribution in [1.82, 2.24) is 14.6 Å². The summed E-state index contributed by atoms with van der Waals surface area (Å²) in [4.78, 5) is 7.33. The minimum absolute atomic E-state index is 0.103. The van der Waals surface area contributed by atoms with Gasteiger partial charge in [0.05, 0.1) is 21.1 Å². The summed E-state index contributed by atoms with van der Waals surface area (Å²) in [6, 6.07) is 4.64. The Morgan fingerprint density at radius 1 is 1.21 bits per heavy atom. The van der Waals surface area contributed by atoms with Crippen LogP contribution in [-0.2, 0) is 0 Å². The Bertz CT molecular complexity index is 1190. The van der Waals surface area contributed by atoms with Gasteiger partial charge in [0.1, 0.15) is 23.1 Å². The van der Waals surface area contributed by atoms with Crippen LogP contribution in [0.5, 0.6) is 0 Å². The first-order valence-corrected chi connectivity index (χ1v) is 9.14. The average molecular weight is 389 g/mol. The van der Waals surface area contributed by atoms with Gasteiger partial charge in [0.25, 0.3) is 0 Å². The van der Waals surface area contributed by atoms with E-state index in [9.17, 15) is 13.9 Å². The predicted molar refractivity (Wildman–Crippen MR) is 102 cm³/mol. The van der Waals surface area contributed by atoms with Gasteiger partial charge in [0.15, 0.2) is 5.65 Å². The first-order chi connectivity index (χ1) is 15.1. The number of benzene rings is 1. The molecule has 4 heterocycles. The third-order valence-corrected chi connectivity index (χ3v) is 5.16. The molecule has 2 atom stereocenters. The molecule has 2 fully saturated rings. The Balaban J connectivity index is 1.58. The molecule has 2 saturated heterocycles. The van der Waals surface area contributed by atoms with Gasteiger partial charge in [-0.05, 0) is 43.5 Å². The number of β-amino-alcohol motifs (C(OH)–C–C–N with tert-alkyl or cyclic N) is 1. The number of hydrogen-bond donors (Lipinski definition) is 1. The van der Waals surface area contributed by atoms with E-state index in [-0.39, 0.29) is 16.9 Å². The number of anilines is 2. The molecule has 3 aromatic rings. The second-order valence-corrected chi connectivity index (χ2v) is 6.94. The fourth-order valence-electron chi connectivity index (χ4n) is 3.87. The van der Waals surface area contributed by atoms with Crippen LogP contribution in [0.3, 0.4) is 0 Å². The van der Waals surface area contributed by atoms with Gasteiger partial charge < -0.3 is 14.9 Å². The highest BCUT2D eigenvalue weighted by Crippen LogP contribution is 2.37.